The standard InChI is InChI=1S/C16H19N3O2/c17-9-3-4-13-5-7-14(8-6-13)16(21)18-12-15(20)19-10-1-2-11-19/h5-8H,1-2,9-12,17H2,(H,18,21). The van der Waals surface area contributed by atoms with Crippen LogP contribution in [0, 0.1) is 11.8 Å². The molecule has 0 spiro atoms. The molecule has 0 aliphatic carbocycles. The van der Waals surface area contributed by atoms with Crippen molar-refractivity contribution in [2.45, 2.75) is 12.8 Å². The van der Waals surface area contributed by atoms with Gasteiger partial charge >= 0.3 is 0 Å². The molecule has 1 aromatic rings. The lowest BCUT2D eigenvalue weighted by atomic mass is 10.1. The minimum Gasteiger partial charge on any atom is -0.343 e. The molecule has 0 atom stereocenters. The van der Waals surface area contributed by atoms with Crippen molar-refractivity contribution in [3.05, 3.63) is 35.4 Å². The van der Waals surface area contributed by atoms with E-state index >= 15 is 0 Å². The number of benzene rings is 1. The topological polar surface area (TPSA) is 75.4 Å². The summed E-state index contributed by atoms with van der Waals surface area (Å²) < 4.78 is 0. The van der Waals surface area contributed by atoms with E-state index < -0.39 is 0 Å². The first-order valence-corrected chi connectivity index (χ1v) is 7.05. The minimum atomic E-state index is -0.249. The van der Waals surface area contributed by atoms with E-state index in [2.05, 4.69) is 17.2 Å². The molecule has 1 aliphatic rings. The van der Waals surface area contributed by atoms with Crippen LogP contribution >= 0.6 is 0 Å². The molecule has 5 nitrogen and oxygen atoms in total. The van der Waals surface area contributed by atoms with Gasteiger partial charge in [0.1, 0.15) is 0 Å². The van der Waals surface area contributed by atoms with Crippen molar-refractivity contribution >= 4 is 11.8 Å². The van der Waals surface area contributed by atoms with Crippen molar-refractivity contribution < 1.29 is 9.59 Å². The number of carbonyl (C=O) groups is 2. The summed E-state index contributed by atoms with van der Waals surface area (Å²) in [6.45, 7) is 1.95. The Morgan fingerprint density at radius 2 is 1.86 bits per heavy atom. The third-order valence-electron chi connectivity index (χ3n) is 3.34. The summed E-state index contributed by atoms with van der Waals surface area (Å²) in [5.41, 5.74) is 6.63. The van der Waals surface area contributed by atoms with E-state index in [4.69, 9.17) is 5.73 Å². The van der Waals surface area contributed by atoms with Gasteiger partial charge in [-0.2, -0.15) is 0 Å². The van der Waals surface area contributed by atoms with Crippen LogP contribution in [0.1, 0.15) is 28.8 Å². The molecule has 3 N–H and O–H groups in total. The second-order valence-electron chi connectivity index (χ2n) is 4.85. The van der Waals surface area contributed by atoms with Gasteiger partial charge < -0.3 is 16.0 Å². The van der Waals surface area contributed by atoms with Crippen molar-refractivity contribution in [2.75, 3.05) is 26.2 Å². The van der Waals surface area contributed by atoms with Crippen LogP contribution in [0.2, 0.25) is 0 Å². The first-order valence-electron chi connectivity index (χ1n) is 7.05. The van der Waals surface area contributed by atoms with Gasteiger partial charge in [0.25, 0.3) is 5.91 Å². The summed E-state index contributed by atoms with van der Waals surface area (Å²) in [5.74, 6) is 5.37. The summed E-state index contributed by atoms with van der Waals surface area (Å²) in [7, 11) is 0. The monoisotopic (exact) mass is 285 g/mol. The van der Waals surface area contributed by atoms with Crippen LogP contribution in [-0.2, 0) is 4.79 Å². The van der Waals surface area contributed by atoms with Crippen LogP contribution in [0.5, 0.6) is 0 Å². The van der Waals surface area contributed by atoms with Crippen LogP contribution in [0.15, 0.2) is 24.3 Å². The molecule has 0 radical (unpaired) electrons. The van der Waals surface area contributed by atoms with Gasteiger partial charge in [0.05, 0.1) is 13.1 Å². The highest BCUT2D eigenvalue weighted by Crippen LogP contribution is 2.07. The fourth-order valence-electron chi connectivity index (χ4n) is 2.19. The summed E-state index contributed by atoms with van der Waals surface area (Å²) in [4.78, 5) is 25.6. The van der Waals surface area contributed by atoms with Gasteiger partial charge in [-0.05, 0) is 37.1 Å². The molecule has 0 unspecified atom stereocenters. The molecule has 1 aromatic carbocycles. The molecule has 5 heteroatoms. The van der Waals surface area contributed by atoms with Crippen LogP contribution in [0.4, 0.5) is 0 Å². The molecule has 1 heterocycles. The van der Waals surface area contributed by atoms with E-state index in [1.54, 1.807) is 29.2 Å². The van der Waals surface area contributed by atoms with Crippen LogP contribution in [0.3, 0.4) is 0 Å². The largest absolute Gasteiger partial charge is 0.343 e. The Labute approximate surface area is 124 Å². The van der Waals surface area contributed by atoms with Crippen molar-refractivity contribution in [3.63, 3.8) is 0 Å². The van der Waals surface area contributed by atoms with Gasteiger partial charge in [0, 0.05) is 24.2 Å². The zero-order chi connectivity index (χ0) is 15.1. The number of nitrogens with two attached hydrogens (primary N) is 1. The Morgan fingerprint density at radius 3 is 2.48 bits per heavy atom. The van der Waals surface area contributed by atoms with Crippen LogP contribution in [0.25, 0.3) is 0 Å². The number of hydrogen-bond donors (Lipinski definition) is 2. The van der Waals surface area contributed by atoms with E-state index in [0.717, 1.165) is 31.5 Å². The number of nitrogens with zero attached hydrogens (tertiary/aromatic N) is 1. The Bertz CT molecular complexity index is 563. The predicted molar refractivity (Wildman–Crippen MR) is 80.5 cm³/mol. The van der Waals surface area contributed by atoms with E-state index in [0.29, 0.717) is 12.1 Å². The molecule has 1 fully saturated rings. The quantitative estimate of drug-likeness (QED) is 0.787. The first-order chi connectivity index (χ1) is 10.2. The smallest absolute Gasteiger partial charge is 0.251 e. The highest BCUT2D eigenvalue weighted by atomic mass is 16.2. The average molecular weight is 285 g/mol. The highest BCUT2D eigenvalue weighted by Gasteiger charge is 2.18. The zero-order valence-electron chi connectivity index (χ0n) is 11.9. The molecule has 0 saturated carbocycles. The van der Waals surface area contributed by atoms with Gasteiger partial charge in [-0.3, -0.25) is 9.59 Å². The van der Waals surface area contributed by atoms with Crippen molar-refractivity contribution in [3.8, 4) is 11.8 Å². The van der Waals surface area contributed by atoms with Crippen molar-refractivity contribution in [1.29, 1.82) is 0 Å². The van der Waals surface area contributed by atoms with E-state index in [1.165, 1.54) is 0 Å². The average Bonchev–Trinajstić information content (AvgIpc) is 3.05. The maximum atomic E-state index is 12.0. The summed E-state index contributed by atoms with van der Waals surface area (Å²) in [6, 6.07) is 6.91. The summed E-state index contributed by atoms with van der Waals surface area (Å²) in [5, 5.41) is 2.65. The van der Waals surface area contributed by atoms with Crippen molar-refractivity contribution in [1.82, 2.24) is 10.2 Å². The molecule has 0 bridgehead atoms. The van der Waals surface area contributed by atoms with Gasteiger partial charge in [-0.15, -0.1) is 0 Å². The number of carbonyl (C=O) groups excluding carboxylic acids is 2. The van der Waals surface area contributed by atoms with Crippen LogP contribution < -0.4 is 11.1 Å². The molecule has 2 amide bonds. The highest BCUT2D eigenvalue weighted by molar-refractivity contribution is 5.96. The van der Waals surface area contributed by atoms with E-state index in [9.17, 15) is 9.59 Å². The molecule has 21 heavy (non-hydrogen) atoms. The third-order valence-corrected chi connectivity index (χ3v) is 3.34. The third kappa shape index (κ3) is 4.33. The number of rotatable bonds is 3. The first kappa shape index (κ1) is 15.1. The second-order valence-corrected chi connectivity index (χ2v) is 4.85. The second kappa shape index (κ2) is 7.46. The Balaban J connectivity index is 1.86. The minimum absolute atomic E-state index is 0.0220. The summed E-state index contributed by atoms with van der Waals surface area (Å²) >= 11 is 0. The van der Waals surface area contributed by atoms with Crippen LogP contribution in [-0.4, -0.2) is 42.9 Å². The SMILES string of the molecule is NCC#Cc1ccc(C(=O)NCC(=O)N2CCCC2)cc1. The Hall–Kier alpha value is -2.32. The lowest BCUT2D eigenvalue weighted by Crippen LogP contribution is -2.38. The molecule has 1 aliphatic heterocycles. The number of likely N-dealkylation sites (tertiary alicyclic amines) is 1. The lowest BCUT2D eigenvalue weighted by Gasteiger charge is -2.15. The summed E-state index contributed by atoms with van der Waals surface area (Å²) in [6.07, 6.45) is 2.09. The van der Waals surface area contributed by atoms with Gasteiger partial charge in [0.2, 0.25) is 5.91 Å². The Kier molecular flexibility index (Phi) is 5.35. The number of nitrogens with one attached hydrogen (secondary N) is 1. The van der Waals surface area contributed by atoms with Gasteiger partial charge in [0.15, 0.2) is 0 Å². The zero-order valence-corrected chi connectivity index (χ0v) is 11.9. The Morgan fingerprint density at radius 1 is 1.19 bits per heavy atom. The normalized spacial score (nSPS) is 13.5. The van der Waals surface area contributed by atoms with Gasteiger partial charge in [-0.1, -0.05) is 11.8 Å². The number of amides is 2. The lowest BCUT2D eigenvalue weighted by molar-refractivity contribution is -0.129. The fraction of sp³-hybridized carbons (Fsp3) is 0.375. The molecule has 1 saturated heterocycles. The number of hydrogen-bond acceptors (Lipinski definition) is 3. The van der Waals surface area contributed by atoms with Gasteiger partial charge in [-0.25, -0.2) is 0 Å². The maximum Gasteiger partial charge on any atom is 0.251 e. The fourth-order valence-corrected chi connectivity index (χ4v) is 2.19. The molecule has 0 aromatic heterocycles. The van der Waals surface area contributed by atoms with E-state index in [1.807, 2.05) is 0 Å². The molecular weight excluding hydrogens is 266 g/mol. The molecule has 110 valence electrons. The maximum absolute atomic E-state index is 12.0. The molecular formula is C16H19N3O2. The van der Waals surface area contributed by atoms with Crippen molar-refractivity contribution in [2.24, 2.45) is 5.73 Å². The predicted octanol–water partition coefficient (Wildman–Crippen LogP) is 0.349. The van der Waals surface area contributed by atoms with E-state index in [-0.39, 0.29) is 18.4 Å². The molecule has 2 rings (SSSR count).